The number of carbonyl (C=O) groups excluding carboxylic acids is 1. The van der Waals surface area contributed by atoms with Crippen molar-refractivity contribution < 1.29 is 27.4 Å². The molecule has 0 aromatic heterocycles. The molecule has 2 heterocycles. The van der Waals surface area contributed by atoms with E-state index in [1.165, 1.54) is 0 Å². The minimum Gasteiger partial charge on any atom is -0.493 e. The first-order valence-electron chi connectivity index (χ1n) is 7.91. The third-order valence-corrected chi connectivity index (χ3v) is 4.41. The Morgan fingerprint density at radius 3 is 2.72 bits per heavy atom. The van der Waals surface area contributed by atoms with Gasteiger partial charge in [0.2, 0.25) is 5.91 Å². The predicted molar refractivity (Wildman–Crippen MR) is 83.5 cm³/mol. The van der Waals surface area contributed by atoms with E-state index in [1.807, 2.05) is 6.07 Å². The van der Waals surface area contributed by atoms with E-state index >= 15 is 0 Å². The standard InChI is InChI=1S/C18H14F3NO3/c19-12-1-2-13(17(21)16(12)20)22-15(23)8-11-10-4-6-24-14(10)7-9-3-5-25-18(9)11/h1-2,7H,3-6,8H2,(H,22,23). The highest BCUT2D eigenvalue weighted by Crippen LogP contribution is 2.40. The second-order valence-electron chi connectivity index (χ2n) is 5.96. The first kappa shape index (κ1) is 15.8. The zero-order valence-electron chi connectivity index (χ0n) is 13.1. The number of nitrogens with one attached hydrogen (secondary N) is 1. The minimum atomic E-state index is -1.61. The molecular weight excluding hydrogens is 335 g/mol. The molecule has 0 aliphatic carbocycles. The molecule has 4 rings (SSSR count). The largest absolute Gasteiger partial charge is 0.493 e. The van der Waals surface area contributed by atoms with Crippen molar-refractivity contribution in [2.24, 2.45) is 0 Å². The maximum atomic E-state index is 13.7. The van der Waals surface area contributed by atoms with Crippen LogP contribution in [0.1, 0.15) is 16.7 Å². The van der Waals surface area contributed by atoms with Crippen LogP contribution in [-0.2, 0) is 24.1 Å². The van der Waals surface area contributed by atoms with Crippen LogP contribution >= 0.6 is 0 Å². The first-order valence-corrected chi connectivity index (χ1v) is 7.91. The average Bonchev–Trinajstić information content (AvgIpc) is 3.24. The van der Waals surface area contributed by atoms with Crippen molar-refractivity contribution >= 4 is 11.6 Å². The van der Waals surface area contributed by atoms with Crippen LogP contribution in [0.2, 0.25) is 0 Å². The number of rotatable bonds is 3. The Balaban J connectivity index is 1.61. The summed E-state index contributed by atoms with van der Waals surface area (Å²) in [4.78, 5) is 12.3. The number of halogens is 3. The fraction of sp³-hybridized carbons (Fsp3) is 0.278. The van der Waals surface area contributed by atoms with Gasteiger partial charge < -0.3 is 14.8 Å². The van der Waals surface area contributed by atoms with Crippen LogP contribution in [0.25, 0.3) is 0 Å². The van der Waals surface area contributed by atoms with Gasteiger partial charge in [-0.15, -0.1) is 0 Å². The van der Waals surface area contributed by atoms with E-state index in [2.05, 4.69) is 5.32 Å². The third kappa shape index (κ3) is 2.69. The van der Waals surface area contributed by atoms with E-state index in [9.17, 15) is 18.0 Å². The Morgan fingerprint density at radius 1 is 1.08 bits per heavy atom. The number of hydrogen-bond donors (Lipinski definition) is 1. The van der Waals surface area contributed by atoms with Crippen LogP contribution in [-0.4, -0.2) is 19.1 Å². The van der Waals surface area contributed by atoms with E-state index in [1.54, 1.807) is 0 Å². The number of benzene rings is 2. The number of carbonyl (C=O) groups is 1. The van der Waals surface area contributed by atoms with Crippen molar-refractivity contribution in [3.8, 4) is 11.5 Å². The Kier molecular flexibility index (Phi) is 3.78. The van der Waals surface area contributed by atoms with Crippen molar-refractivity contribution in [3.63, 3.8) is 0 Å². The Labute approximate surface area is 141 Å². The van der Waals surface area contributed by atoms with Gasteiger partial charge in [-0.25, -0.2) is 13.2 Å². The molecule has 25 heavy (non-hydrogen) atoms. The molecule has 0 fully saturated rings. The Hall–Kier alpha value is -2.70. The fourth-order valence-corrected chi connectivity index (χ4v) is 3.25. The highest BCUT2D eigenvalue weighted by Gasteiger charge is 2.28. The smallest absolute Gasteiger partial charge is 0.229 e. The average molecular weight is 349 g/mol. The van der Waals surface area contributed by atoms with Crippen molar-refractivity contribution in [2.45, 2.75) is 19.3 Å². The van der Waals surface area contributed by atoms with Gasteiger partial charge in [0.15, 0.2) is 17.5 Å². The zero-order valence-corrected chi connectivity index (χ0v) is 13.1. The molecule has 0 saturated carbocycles. The van der Waals surface area contributed by atoms with Crippen LogP contribution in [0.3, 0.4) is 0 Å². The molecule has 0 spiro atoms. The first-order chi connectivity index (χ1) is 12.0. The van der Waals surface area contributed by atoms with Gasteiger partial charge in [0.1, 0.15) is 11.5 Å². The second-order valence-corrected chi connectivity index (χ2v) is 5.96. The lowest BCUT2D eigenvalue weighted by Crippen LogP contribution is -2.17. The summed E-state index contributed by atoms with van der Waals surface area (Å²) in [5.41, 5.74) is 2.19. The molecule has 0 radical (unpaired) electrons. The second kappa shape index (κ2) is 5.98. The van der Waals surface area contributed by atoms with Gasteiger partial charge >= 0.3 is 0 Å². The van der Waals surface area contributed by atoms with E-state index < -0.39 is 29.0 Å². The fourth-order valence-electron chi connectivity index (χ4n) is 3.25. The summed E-state index contributed by atoms with van der Waals surface area (Å²) < 4.78 is 51.2. The van der Waals surface area contributed by atoms with Gasteiger partial charge in [-0.1, -0.05) is 0 Å². The highest BCUT2D eigenvalue weighted by atomic mass is 19.2. The van der Waals surface area contributed by atoms with Crippen molar-refractivity contribution in [3.05, 3.63) is 52.3 Å². The molecular formula is C18H14F3NO3. The summed E-state index contributed by atoms with van der Waals surface area (Å²) in [5.74, 6) is -3.47. The lowest BCUT2D eigenvalue weighted by Gasteiger charge is -2.13. The zero-order chi connectivity index (χ0) is 17.6. The summed E-state index contributed by atoms with van der Waals surface area (Å²) in [6.45, 7) is 1.06. The summed E-state index contributed by atoms with van der Waals surface area (Å²) in [6.07, 6.45) is 1.33. The topological polar surface area (TPSA) is 47.6 Å². The maximum Gasteiger partial charge on any atom is 0.229 e. The normalized spacial score (nSPS) is 14.5. The SMILES string of the molecule is O=C(Cc1c2c(cc3c1OCC3)OCC2)Nc1ccc(F)c(F)c1F. The number of fused-ring (bicyclic) bond motifs is 2. The number of amides is 1. The van der Waals surface area contributed by atoms with Crippen LogP contribution in [0.4, 0.5) is 18.9 Å². The lowest BCUT2D eigenvalue weighted by molar-refractivity contribution is -0.115. The van der Waals surface area contributed by atoms with Crippen LogP contribution < -0.4 is 14.8 Å². The van der Waals surface area contributed by atoms with Gasteiger partial charge in [-0.05, 0) is 18.2 Å². The maximum absolute atomic E-state index is 13.7. The molecule has 2 aromatic carbocycles. The lowest BCUT2D eigenvalue weighted by atomic mass is 9.97. The summed E-state index contributed by atoms with van der Waals surface area (Å²) in [6, 6.07) is 3.69. The molecule has 4 nitrogen and oxygen atoms in total. The molecule has 2 aliphatic heterocycles. The molecule has 1 N–H and O–H groups in total. The minimum absolute atomic E-state index is 0.0622. The quantitative estimate of drug-likeness (QED) is 0.866. The van der Waals surface area contributed by atoms with Crippen LogP contribution in [0.5, 0.6) is 11.5 Å². The molecule has 130 valence electrons. The van der Waals surface area contributed by atoms with Gasteiger partial charge in [0.05, 0.1) is 25.3 Å². The number of anilines is 1. The summed E-state index contributed by atoms with van der Waals surface area (Å²) in [7, 11) is 0. The highest BCUT2D eigenvalue weighted by molar-refractivity contribution is 5.93. The van der Waals surface area contributed by atoms with Crippen LogP contribution in [0.15, 0.2) is 18.2 Å². The molecule has 7 heteroatoms. The van der Waals surface area contributed by atoms with E-state index in [4.69, 9.17) is 9.47 Å². The van der Waals surface area contributed by atoms with Gasteiger partial charge in [0, 0.05) is 29.5 Å². The molecule has 0 unspecified atom stereocenters. The summed E-state index contributed by atoms with van der Waals surface area (Å²) >= 11 is 0. The van der Waals surface area contributed by atoms with Crippen LogP contribution in [0, 0.1) is 17.5 Å². The monoisotopic (exact) mass is 349 g/mol. The third-order valence-electron chi connectivity index (χ3n) is 4.41. The van der Waals surface area contributed by atoms with Gasteiger partial charge in [-0.2, -0.15) is 0 Å². The molecule has 1 amide bonds. The summed E-state index contributed by atoms with van der Waals surface area (Å²) in [5, 5.41) is 2.29. The van der Waals surface area contributed by atoms with E-state index in [-0.39, 0.29) is 6.42 Å². The van der Waals surface area contributed by atoms with Crippen molar-refractivity contribution in [1.29, 1.82) is 0 Å². The predicted octanol–water partition coefficient (Wildman–Crippen LogP) is 3.15. The molecule has 0 atom stereocenters. The number of hydrogen-bond acceptors (Lipinski definition) is 3. The van der Waals surface area contributed by atoms with E-state index in [0.29, 0.717) is 30.9 Å². The molecule has 0 bridgehead atoms. The number of ether oxygens (including phenoxy) is 2. The van der Waals surface area contributed by atoms with Gasteiger partial charge in [0.25, 0.3) is 0 Å². The van der Waals surface area contributed by atoms with E-state index in [0.717, 1.165) is 35.4 Å². The van der Waals surface area contributed by atoms with Gasteiger partial charge in [-0.3, -0.25) is 4.79 Å². The Morgan fingerprint density at radius 2 is 1.88 bits per heavy atom. The van der Waals surface area contributed by atoms with Crippen molar-refractivity contribution in [1.82, 2.24) is 0 Å². The Bertz CT molecular complexity index is 850. The molecule has 0 saturated heterocycles. The molecule has 2 aromatic rings. The van der Waals surface area contributed by atoms with Crippen molar-refractivity contribution in [2.75, 3.05) is 18.5 Å². The molecule has 2 aliphatic rings.